The molecule has 2 aromatic rings. The lowest BCUT2D eigenvalue weighted by Crippen LogP contribution is -2.15. The molecule has 0 spiro atoms. The summed E-state index contributed by atoms with van der Waals surface area (Å²) in [6, 6.07) is 15.3. The molecule has 0 bridgehead atoms. The van der Waals surface area contributed by atoms with Crippen LogP contribution in [0, 0.1) is 6.92 Å². The highest BCUT2D eigenvalue weighted by Gasteiger charge is 2.19. The van der Waals surface area contributed by atoms with Crippen molar-refractivity contribution in [3.05, 3.63) is 59.2 Å². The van der Waals surface area contributed by atoms with Crippen LogP contribution in [0.15, 0.2) is 42.5 Å². The summed E-state index contributed by atoms with van der Waals surface area (Å²) in [7, 11) is 1.72. The van der Waals surface area contributed by atoms with Crippen LogP contribution in [0.2, 0.25) is 0 Å². The molecule has 1 heterocycles. The molecule has 110 valence electrons. The molecule has 0 aromatic heterocycles. The lowest BCUT2D eigenvalue weighted by molar-refractivity contribution is 0.415. The first kappa shape index (κ1) is 14.0. The Hall–Kier alpha value is -2.00. The first-order valence-corrected chi connectivity index (χ1v) is 7.47. The van der Waals surface area contributed by atoms with Gasteiger partial charge in [-0.1, -0.05) is 30.3 Å². The molecule has 0 fully saturated rings. The van der Waals surface area contributed by atoms with Crippen molar-refractivity contribution < 1.29 is 4.74 Å². The van der Waals surface area contributed by atoms with E-state index >= 15 is 0 Å². The predicted molar refractivity (Wildman–Crippen MR) is 86.9 cm³/mol. The molecule has 0 aliphatic carbocycles. The topological polar surface area (TPSA) is 33.3 Å². The van der Waals surface area contributed by atoms with Crippen molar-refractivity contribution in [1.29, 1.82) is 0 Å². The number of anilines is 1. The van der Waals surface area contributed by atoms with Gasteiger partial charge in [-0.25, -0.2) is 0 Å². The van der Waals surface area contributed by atoms with Gasteiger partial charge in [0.25, 0.3) is 0 Å². The molecular formula is C18H22N2O. The number of aryl methyl sites for hydroxylation is 1. The van der Waals surface area contributed by atoms with Crippen LogP contribution in [0.4, 0.5) is 5.69 Å². The Kier molecular flexibility index (Phi) is 4.11. The van der Waals surface area contributed by atoms with Gasteiger partial charge in [-0.05, 0) is 48.7 Å². The molecule has 0 saturated heterocycles. The van der Waals surface area contributed by atoms with Crippen molar-refractivity contribution in [3.8, 4) is 5.75 Å². The molecule has 21 heavy (non-hydrogen) atoms. The van der Waals surface area contributed by atoms with Crippen LogP contribution >= 0.6 is 0 Å². The Morgan fingerprint density at radius 2 is 2.05 bits per heavy atom. The summed E-state index contributed by atoms with van der Waals surface area (Å²) in [5.74, 6) is 0.907. The minimum atomic E-state index is 0.313. The lowest BCUT2D eigenvalue weighted by Gasteiger charge is -2.22. The molecule has 3 heteroatoms. The van der Waals surface area contributed by atoms with Crippen LogP contribution in [0.1, 0.15) is 29.2 Å². The first-order chi connectivity index (χ1) is 10.3. The van der Waals surface area contributed by atoms with Gasteiger partial charge >= 0.3 is 0 Å². The van der Waals surface area contributed by atoms with E-state index in [1.807, 2.05) is 0 Å². The van der Waals surface area contributed by atoms with Crippen molar-refractivity contribution >= 4 is 5.69 Å². The quantitative estimate of drug-likeness (QED) is 0.901. The number of ether oxygens (including phenoxy) is 1. The third-order valence-corrected chi connectivity index (χ3v) is 4.04. The molecule has 2 aromatic carbocycles. The number of methoxy groups -OCH3 is 1. The molecule has 2 N–H and O–H groups in total. The molecular weight excluding hydrogens is 260 g/mol. The molecule has 1 unspecified atom stereocenters. The van der Waals surface area contributed by atoms with Gasteiger partial charge in [0.15, 0.2) is 0 Å². The highest BCUT2D eigenvalue weighted by molar-refractivity contribution is 5.59. The van der Waals surface area contributed by atoms with Crippen LogP contribution in [0.3, 0.4) is 0 Å². The third-order valence-electron chi connectivity index (χ3n) is 4.04. The van der Waals surface area contributed by atoms with E-state index in [9.17, 15) is 0 Å². The van der Waals surface area contributed by atoms with E-state index in [0.717, 1.165) is 30.9 Å². The van der Waals surface area contributed by atoms with Crippen LogP contribution in [-0.2, 0) is 6.54 Å². The SMILES string of the molecule is COc1cc(C)ccc1NC1CCNCc2ccccc21. The second kappa shape index (κ2) is 6.19. The second-order valence-electron chi connectivity index (χ2n) is 5.56. The van der Waals surface area contributed by atoms with Crippen LogP contribution in [-0.4, -0.2) is 13.7 Å². The molecule has 0 saturated carbocycles. The summed E-state index contributed by atoms with van der Waals surface area (Å²) in [4.78, 5) is 0. The van der Waals surface area contributed by atoms with Gasteiger partial charge in [0, 0.05) is 6.54 Å². The third kappa shape index (κ3) is 3.03. The zero-order valence-corrected chi connectivity index (χ0v) is 12.6. The van der Waals surface area contributed by atoms with E-state index in [1.165, 1.54) is 16.7 Å². The molecule has 3 rings (SSSR count). The zero-order chi connectivity index (χ0) is 14.7. The largest absolute Gasteiger partial charge is 0.495 e. The van der Waals surface area contributed by atoms with Gasteiger partial charge in [0.2, 0.25) is 0 Å². The number of fused-ring (bicyclic) bond motifs is 1. The van der Waals surface area contributed by atoms with Gasteiger partial charge in [-0.2, -0.15) is 0 Å². The fourth-order valence-corrected chi connectivity index (χ4v) is 2.92. The van der Waals surface area contributed by atoms with Gasteiger partial charge in [-0.3, -0.25) is 0 Å². The molecule has 1 aliphatic heterocycles. The van der Waals surface area contributed by atoms with Crippen LogP contribution < -0.4 is 15.4 Å². The number of benzene rings is 2. The molecule has 0 amide bonds. The zero-order valence-electron chi connectivity index (χ0n) is 12.6. The summed E-state index contributed by atoms with van der Waals surface area (Å²) in [6.07, 6.45) is 1.06. The summed E-state index contributed by atoms with van der Waals surface area (Å²) in [6.45, 7) is 4.04. The Bertz CT molecular complexity index is 624. The fourth-order valence-electron chi connectivity index (χ4n) is 2.92. The van der Waals surface area contributed by atoms with Crippen molar-refractivity contribution in [1.82, 2.24) is 5.32 Å². The number of nitrogens with one attached hydrogen (secondary N) is 2. The first-order valence-electron chi connectivity index (χ1n) is 7.47. The maximum absolute atomic E-state index is 5.51. The fraction of sp³-hybridized carbons (Fsp3) is 0.333. The van der Waals surface area contributed by atoms with E-state index in [2.05, 4.69) is 60.0 Å². The monoisotopic (exact) mass is 282 g/mol. The van der Waals surface area contributed by atoms with Gasteiger partial charge in [0.05, 0.1) is 18.8 Å². The minimum Gasteiger partial charge on any atom is -0.495 e. The summed E-state index contributed by atoms with van der Waals surface area (Å²) in [5.41, 5.74) is 5.02. The van der Waals surface area contributed by atoms with E-state index in [1.54, 1.807) is 7.11 Å². The molecule has 1 aliphatic rings. The van der Waals surface area contributed by atoms with Crippen LogP contribution in [0.25, 0.3) is 0 Å². The number of rotatable bonds is 3. The Balaban J connectivity index is 1.91. The average molecular weight is 282 g/mol. The maximum Gasteiger partial charge on any atom is 0.142 e. The van der Waals surface area contributed by atoms with E-state index in [4.69, 9.17) is 4.74 Å². The van der Waals surface area contributed by atoms with Crippen molar-refractivity contribution in [2.75, 3.05) is 19.0 Å². The minimum absolute atomic E-state index is 0.313. The number of hydrogen-bond acceptors (Lipinski definition) is 3. The maximum atomic E-state index is 5.51. The van der Waals surface area contributed by atoms with Gasteiger partial charge in [0.1, 0.15) is 5.75 Å². The summed E-state index contributed by atoms with van der Waals surface area (Å²) in [5, 5.41) is 7.14. The van der Waals surface area contributed by atoms with E-state index in [0.29, 0.717) is 6.04 Å². The summed E-state index contributed by atoms with van der Waals surface area (Å²) < 4.78 is 5.51. The Morgan fingerprint density at radius 1 is 1.19 bits per heavy atom. The highest BCUT2D eigenvalue weighted by Crippen LogP contribution is 2.32. The van der Waals surface area contributed by atoms with Gasteiger partial charge in [-0.15, -0.1) is 0 Å². The van der Waals surface area contributed by atoms with Crippen LogP contribution in [0.5, 0.6) is 5.75 Å². The van der Waals surface area contributed by atoms with E-state index < -0.39 is 0 Å². The molecule has 3 nitrogen and oxygen atoms in total. The standard InChI is InChI=1S/C18H22N2O/c1-13-7-8-17(18(11-13)21-2)20-16-9-10-19-12-14-5-3-4-6-15(14)16/h3-8,11,16,19-20H,9-10,12H2,1-2H3. The van der Waals surface area contributed by atoms with Crippen molar-refractivity contribution in [3.63, 3.8) is 0 Å². The molecule has 0 radical (unpaired) electrons. The molecule has 1 atom stereocenters. The van der Waals surface area contributed by atoms with Gasteiger partial charge < -0.3 is 15.4 Å². The number of hydrogen-bond donors (Lipinski definition) is 2. The smallest absolute Gasteiger partial charge is 0.142 e. The van der Waals surface area contributed by atoms with Crippen molar-refractivity contribution in [2.45, 2.75) is 25.9 Å². The Labute approximate surface area is 126 Å². The second-order valence-corrected chi connectivity index (χ2v) is 5.56. The Morgan fingerprint density at radius 3 is 2.90 bits per heavy atom. The van der Waals surface area contributed by atoms with Crippen molar-refractivity contribution in [2.24, 2.45) is 0 Å². The highest BCUT2D eigenvalue weighted by atomic mass is 16.5. The average Bonchev–Trinajstić information content (AvgIpc) is 2.71. The lowest BCUT2D eigenvalue weighted by atomic mass is 9.99. The van der Waals surface area contributed by atoms with E-state index in [-0.39, 0.29) is 0 Å². The predicted octanol–water partition coefficient (Wildman–Crippen LogP) is 3.65. The summed E-state index contributed by atoms with van der Waals surface area (Å²) >= 11 is 0. The normalized spacial score (nSPS) is 17.7.